The minimum atomic E-state index is 0.185. The van der Waals surface area contributed by atoms with Gasteiger partial charge < -0.3 is 15.8 Å². The summed E-state index contributed by atoms with van der Waals surface area (Å²) in [5.74, 6) is 0.445. The molecular formula is C10H15ClN2OS. The Morgan fingerprint density at radius 3 is 3.00 bits per heavy atom. The highest BCUT2D eigenvalue weighted by atomic mass is 35.5. The third kappa shape index (κ3) is 3.16. The van der Waals surface area contributed by atoms with Gasteiger partial charge >= 0.3 is 0 Å². The minimum Gasteiger partial charge on any atom is -0.379 e. The third-order valence-electron chi connectivity index (χ3n) is 2.58. The standard InChI is InChI=1S/C10H15ClN2OS/c11-10-2-1-8(15-10)4-13-3-7-5-14-6-9(7)12/h1-2,7,9,13H,3-6,12H2. The summed E-state index contributed by atoms with van der Waals surface area (Å²) in [5.41, 5.74) is 5.88. The van der Waals surface area contributed by atoms with Gasteiger partial charge in [0.05, 0.1) is 17.6 Å². The van der Waals surface area contributed by atoms with E-state index < -0.39 is 0 Å². The smallest absolute Gasteiger partial charge is 0.0931 e. The molecule has 0 radical (unpaired) electrons. The maximum absolute atomic E-state index is 5.88. The van der Waals surface area contributed by atoms with Gasteiger partial charge in [0.25, 0.3) is 0 Å². The van der Waals surface area contributed by atoms with Gasteiger partial charge in [-0.2, -0.15) is 0 Å². The van der Waals surface area contributed by atoms with E-state index in [0.717, 1.165) is 24.0 Å². The van der Waals surface area contributed by atoms with Crippen LogP contribution in [0.3, 0.4) is 0 Å². The number of ether oxygens (including phenoxy) is 1. The summed E-state index contributed by atoms with van der Waals surface area (Å²) in [5, 5.41) is 3.38. The minimum absolute atomic E-state index is 0.185. The van der Waals surface area contributed by atoms with E-state index in [1.807, 2.05) is 12.1 Å². The van der Waals surface area contributed by atoms with Gasteiger partial charge in [0.2, 0.25) is 0 Å². The molecule has 3 N–H and O–H groups in total. The van der Waals surface area contributed by atoms with Gasteiger partial charge in [0.15, 0.2) is 0 Å². The fourth-order valence-electron chi connectivity index (χ4n) is 1.65. The lowest BCUT2D eigenvalue weighted by Crippen LogP contribution is -2.35. The molecule has 0 spiro atoms. The van der Waals surface area contributed by atoms with E-state index >= 15 is 0 Å². The Balaban J connectivity index is 1.70. The zero-order chi connectivity index (χ0) is 10.7. The van der Waals surface area contributed by atoms with Gasteiger partial charge in [0, 0.05) is 29.9 Å². The first-order valence-electron chi connectivity index (χ1n) is 5.04. The predicted octanol–water partition coefficient (Wildman–Crippen LogP) is 1.46. The number of halogens is 1. The van der Waals surface area contributed by atoms with E-state index in [0.29, 0.717) is 12.5 Å². The Labute approximate surface area is 98.6 Å². The third-order valence-corrected chi connectivity index (χ3v) is 3.81. The number of hydrogen-bond acceptors (Lipinski definition) is 4. The monoisotopic (exact) mass is 246 g/mol. The summed E-state index contributed by atoms with van der Waals surface area (Å²) in [6.07, 6.45) is 0. The Bertz CT molecular complexity index is 318. The lowest BCUT2D eigenvalue weighted by Gasteiger charge is -2.13. The van der Waals surface area contributed by atoms with E-state index in [9.17, 15) is 0 Å². The largest absolute Gasteiger partial charge is 0.379 e. The number of rotatable bonds is 4. The highest BCUT2D eigenvalue weighted by Crippen LogP contribution is 2.21. The van der Waals surface area contributed by atoms with Crippen molar-refractivity contribution in [3.63, 3.8) is 0 Å². The zero-order valence-electron chi connectivity index (χ0n) is 8.41. The number of nitrogens with one attached hydrogen (secondary N) is 1. The van der Waals surface area contributed by atoms with E-state index in [1.165, 1.54) is 4.88 Å². The number of hydrogen-bond donors (Lipinski definition) is 2. The summed E-state index contributed by atoms with van der Waals surface area (Å²) in [7, 11) is 0. The summed E-state index contributed by atoms with van der Waals surface area (Å²) < 4.78 is 6.13. The molecule has 0 amide bonds. The van der Waals surface area contributed by atoms with Crippen LogP contribution in [0.4, 0.5) is 0 Å². The quantitative estimate of drug-likeness (QED) is 0.846. The zero-order valence-corrected chi connectivity index (χ0v) is 9.98. The van der Waals surface area contributed by atoms with Crippen molar-refractivity contribution in [3.8, 4) is 0 Å². The lowest BCUT2D eigenvalue weighted by atomic mass is 10.1. The van der Waals surface area contributed by atoms with Crippen molar-refractivity contribution in [1.29, 1.82) is 0 Å². The molecule has 0 aliphatic carbocycles. The molecule has 2 rings (SSSR count). The van der Waals surface area contributed by atoms with Crippen molar-refractivity contribution in [2.45, 2.75) is 12.6 Å². The highest BCUT2D eigenvalue weighted by molar-refractivity contribution is 7.16. The van der Waals surface area contributed by atoms with Gasteiger partial charge in [0.1, 0.15) is 0 Å². The van der Waals surface area contributed by atoms with Gasteiger partial charge in [-0.15, -0.1) is 11.3 Å². The van der Waals surface area contributed by atoms with E-state index in [2.05, 4.69) is 5.32 Å². The molecule has 84 valence electrons. The summed E-state index contributed by atoms with van der Waals surface area (Å²) in [6, 6.07) is 4.16. The topological polar surface area (TPSA) is 47.3 Å². The molecule has 1 aromatic rings. The maximum Gasteiger partial charge on any atom is 0.0931 e. The molecule has 1 aliphatic heterocycles. The highest BCUT2D eigenvalue weighted by Gasteiger charge is 2.23. The van der Waals surface area contributed by atoms with Gasteiger partial charge in [-0.3, -0.25) is 0 Å². The van der Waals surface area contributed by atoms with Crippen molar-refractivity contribution in [2.24, 2.45) is 11.7 Å². The Morgan fingerprint density at radius 2 is 2.40 bits per heavy atom. The van der Waals surface area contributed by atoms with Crippen LogP contribution in [0.1, 0.15) is 4.88 Å². The molecule has 15 heavy (non-hydrogen) atoms. The van der Waals surface area contributed by atoms with Crippen molar-refractivity contribution in [3.05, 3.63) is 21.3 Å². The van der Waals surface area contributed by atoms with E-state index in [1.54, 1.807) is 11.3 Å². The van der Waals surface area contributed by atoms with Crippen LogP contribution in [-0.4, -0.2) is 25.8 Å². The number of thiophene rings is 1. The summed E-state index contributed by atoms with van der Waals surface area (Å²) in [6.45, 7) is 3.24. The molecule has 0 bridgehead atoms. The van der Waals surface area contributed by atoms with Crippen LogP contribution in [0, 0.1) is 5.92 Å². The van der Waals surface area contributed by atoms with Crippen LogP contribution in [0.15, 0.2) is 12.1 Å². The second-order valence-electron chi connectivity index (χ2n) is 3.80. The molecule has 2 heterocycles. The molecule has 3 nitrogen and oxygen atoms in total. The van der Waals surface area contributed by atoms with Gasteiger partial charge in [-0.1, -0.05) is 11.6 Å². The first-order chi connectivity index (χ1) is 7.25. The Kier molecular flexibility index (Phi) is 3.99. The normalized spacial score (nSPS) is 26.0. The molecule has 2 atom stereocenters. The van der Waals surface area contributed by atoms with Crippen molar-refractivity contribution in [2.75, 3.05) is 19.8 Å². The molecule has 1 fully saturated rings. The van der Waals surface area contributed by atoms with Crippen LogP contribution >= 0.6 is 22.9 Å². The Morgan fingerprint density at radius 1 is 1.53 bits per heavy atom. The van der Waals surface area contributed by atoms with Crippen LogP contribution in [0.2, 0.25) is 4.34 Å². The predicted molar refractivity (Wildman–Crippen MR) is 63.3 cm³/mol. The fraction of sp³-hybridized carbons (Fsp3) is 0.600. The van der Waals surface area contributed by atoms with E-state index in [-0.39, 0.29) is 6.04 Å². The second kappa shape index (κ2) is 5.27. The summed E-state index contributed by atoms with van der Waals surface area (Å²) >= 11 is 7.45. The molecule has 5 heteroatoms. The second-order valence-corrected chi connectivity index (χ2v) is 5.60. The number of nitrogens with two attached hydrogens (primary N) is 1. The van der Waals surface area contributed by atoms with Crippen molar-refractivity contribution in [1.82, 2.24) is 5.32 Å². The van der Waals surface area contributed by atoms with Crippen LogP contribution < -0.4 is 11.1 Å². The fourth-order valence-corrected chi connectivity index (χ4v) is 2.71. The van der Waals surface area contributed by atoms with Gasteiger partial charge in [-0.25, -0.2) is 0 Å². The maximum atomic E-state index is 5.88. The van der Waals surface area contributed by atoms with Crippen LogP contribution in [0.25, 0.3) is 0 Å². The molecule has 0 aromatic carbocycles. The average molecular weight is 247 g/mol. The van der Waals surface area contributed by atoms with Crippen LogP contribution in [0.5, 0.6) is 0 Å². The Hall–Kier alpha value is -0.130. The first kappa shape index (κ1) is 11.4. The summed E-state index contributed by atoms with van der Waals surface area (Å²) in [4.78, 5) is 1.26. The molecule has 1 saturated heterocycles. The molecule has 1 aromatic heterocycles. The molecule has 2 unspecified atom stereocenters. The SMILES string of the molecule is NC1COCC1CNCc1ccc(Cl)s1. The van der Waals surface area contributed by atoms with Crippen LogP contribution in [-0.2, 0) is 11.3 Å². The van der Waals surface area contributed by atoms with E-state index in [4.69, 9.17) is 22.1 Å². The molecular weight excluding hydrogens is 232 g/mol. The average Bonchev–Trinajstić information content (AvgIpc) is 2.77. The lowest BCUT2D eigenvalue weighted by molar-refractivity contribution is 0.184. The molecule has 0 saturated carbocycles. The molecule has 1 aliphatic rings. The van der Waals surface area contributed by atoms with Gasteiger partial charge in [-0.05, 0) is 12.1 Å². The van der Waals surface area contributed by atoms with Crippen molar-refractivity contribution >= 4 is 22.9 Å². The van der Waals surface area contributed by atoms with Crippen molar-refractivity contribution < 1.29 is 4.74 Å². The first-order valence-corrected chi connectivity index (χ1v) is 6.23.